The number of carbonyl (C=O) groups is 1. The van der Waals surface area contributed by atoms with E-state index in [4.69, 9.17) is 19.2 Å². The van der Waals surface area contributed by atoms with Crippen LogP contribution in [-0.2, 0) is 22.6 Å². The van der Waals surface area contributed by atoms with Gasteiger partial charge < -0.3 is 13.9 Å². The zero-order valence-electron chi connectivity index (χ0n) is 13.1. The number of carbonyl (C=O) groups excluding carboxylic acids is 1. The number of nitriles is 1. The summed E-state index contributed by atoms with van der Waals surface area (Å²) in [7, 11) is 1.58. The van der Waals surface area contributed by atoms with Crippen molar-refractivity contribution in [2.24, 2.45) is 0 Å². The Morgan fingerprint density at radius 3 is 2.83 bits per heavy atom. The second-order valence-electron chi connectivity index (χ2n) is 5.23. The summed E-state index contributed by atoms with van der Waals surface area (Å²) in [6.07, 6.45) is 1.66. The van der Waals surface area contributed by atoms with E-state index in [2.05, 4.69) is 6.07 Å². The van der Waals surface area contributed by atoms with E-state index in [0.717, 1.165) is 10.9 Å². The second kappa shape index (κ2) is 6.88. The lowest BCUT2D eigenvalue weighted by Gasteiger charge is -2.06. The molecule has 0 saturated heterocycles. The Balaban J connectivity index is 1.68. The highest BCUT2D eigenvalue weighted by Crippen LogP contribution is 2.26. The molecule has 5 heteroatoms. The van der Waals surface area contributed by atoms with E-state index in [1.54, 1.807) is 43.7 Å². The lowest BCUT2D eigenvalue weighted by Crippen LogP contribution is -2.08. The quantitative estimate of drug-likeness (QED) is 0.671. The normalized spacial score (nSPS) is 10.3. The lowest BCUT2D eigenvalue weighted by molar-refractivity contribution is -0.144. The zero-order chi connectivity index (χ0) is 16.9. The summed E-state index contributed by atoms with van der Waals surface area (Å²) in [5.74, 6) is 0.320. The molecule has 5 nitrogen and oxygen atoms in total. The second-order valence-corrected chi connectivity index (χ2v) is 5.23. The van der Waals surface area contributed by atoms with Gasteiger partial charge in [0.05, 0.1) is 31.4 Å². The van der Waals surface area contributed by atoms with Crippen molar-refractivity contribution < 1.29 is 18.7 Å². The molecule has 1 aromatic heterocycles. The largest absolute Gasteiger partial charge is 0.497 e. The number of fused-ring (bicyclic) bond motifs is 1. The number of nitrogens with zero attached hydrogens (tertiary/aromatic N) is 1. The van der Waals surface area contributed by atoms with Gasteiger partial charge in [-0.15, -0.1) is 0 Å². The van der Waals surface area contributed by atoms with Crippen LogP contribution in [0.5, 0.6) is 5.75 Å². The molecule has 0 fully saturated rings. The molecule has 24 heavy (non-hydrogen) atoms. The molecule has 0 aliphatic carbocycles. The number of esters is 1. The molecule has 3 aromatic rings. The van der Waals surface area contributed by atoms with Crippen molar-refractivity contribution in [3.8, 4) is 11.8 Å². The summed E-state index contributed by atoms with van der Waals surface area (Å²) in [5.41, 5.74) is 2.61. The van der Waals surface area contributed by atoms with Crippen LogP contribution in [0, 0.1) is 11.3 Å². The van der Waals surface area contributed by atoms with E-state index in [-0.39, 0.29) is 19.0 Å². The third-order valence-electron chi connectivity index (χ3n) is 3.72. The van der Waals surface area contributed by atoms with E-state index in [9.17, 15) is 4.79 Å². The summed E-state index contributed by atoms with van der Waals surface area (Å²) < 4.78 is 15.9. The average Bonchev–Trinajstić information content (AvgIpc) is 3.02. The fourth-order valence-electron chi connectivity index (χ4n) is 2.45. The topological polar surface area (TPSA) is 72.5 Å². The van der Waals surface area contributed by atoms with Gasteiger partial charge in [-0.25, -0.2) is 0 Å². The summed E-state index contributed by atoms with van der Waals surface area (Å²) in [6, 6.07) is 14.6. The van der Waals surface area contributed by atoms with Crippen LogP contribution in [0.4, 0.5) is 0 Å². The van der Waals surface area contributed by atoms with E-state index in [1.807, 2.05) is 12.1 Å². The third-order valence-corrected chi connectivity index (χ3v) is 3.72. The highest BCUT2D eigenvalue weighted by molar-refractivity contribution is 5.86. The first-order valence-corrected chi connectivity index (χ1v) is 7.39. The van der Waals surface area contributed by atoms with Gasteiger partial charge in [-0.1, -0.05) is 18.2 Å². The van der Waals surface area contributed by atoms with Gasteiger partial charge in [-0.05, 0) is 18.2 Å². The van der Waals surface area contributed by atoms with Crippen LogP contribution in [0.2, 0.25) is 0 Å². The Kier molecular flexibility index (Phi) is 4.48. The molecule has 0 aliphatic rings. The maximum atomic E-state index is 12.1. The standard InChI is InChI=1S/C19H15NO4/c1-22-16-6-7-17-15(12-23-18(17)9-16)8-19(21)24-11-14-5-3-2-4-13(14)10-20/h2-7,9,12H,8,11H2,1H3. The number of rotatable bonds is 5. The van der Waals surface area contributed by atoms with Crippen LogP contribution in [0.1, 0.15) is 16.7 Å². The van der Waals surface area contributed by atoms with Crippen molar-refractivity contribution in [1.29, 1.82) is 5.26 Å². The Hall–Kier alpha value is -3.26. The molecule has 0 radical (unpaired) electrons. The minimum absolute atomic E-state index is 0.0756. The number of furan rings is 1. The molecule has 0 bridgehead atoms. The van der Waals surface area contributed by atoms with Crippen LogP contribution in [0.3, 0.4) is 0 Å². The van der Waals surface area contributed by atoms with Gasteiger partial charge in [-0.3, -0.25) is 4.79 Å². The smallest absolute Gasteiger partial charge is 0.310 e. The van der Waals surface area contributed by atoms with Crippen molar-refractivity contribution in [3.05, 3.63) is 65.4 Å². The molecular weight excluding hydrogens is 306 g/mol. The molecule has 1 heterocycles. The van der Waals surface area contributed by atoms with Gasteiger partial charge in [0.15, 0.2) is 0 Å². The first kappa shape index (κ1) is 15.6. The first-order valence-electron chi connectivity index (χ1n) is 7.39. The van der Waals surface area contributed by atoms with Crippen molar-refractivity contribution >= 4 is 16.9 Å². The molecule has 0 spiro atoms. The van der Waals surface area contributed by atoms with Crippen molar-refractivity contribution in [2.45, 2.75) is 13.0 Å². The SMILES string of the molecule is COc1ccc2c(CC(=O)OCc3ccccc3C#N)coc2c1. The molecule has 120 valence electrons. The van der Waals surface area contributed by atoms with Gasteiger partial charge in [-0.2, -0.15) is 5.26 Å². The monoisotopic (exact) mass is 321 g/mol. The number of ether oxygens (including phenoxy) is 2. The Labute approximate surface area is 139 Å². The van der Waals surface area contributed by atoms with Gasteiger partial charge in [0.1, 0.15) is 17.9 Å². The van der Waals surface area contributed by atoms with Gasteiger partial charge in [0.25, 0.3) is 0 Å². The zero-order valence-corrected chi connectivity index (χ0v) is 13.1. The number of methoxy groups -OCH3 is 1. The van der Waals surface area contributed by atoms with E-state index >= 15 is 0 Å². The maximum absolute atomic E-state index is 12.1. The predicted molar refractivity (Wildman–Crippen MR) is 87.4 cm³/mol. The predicted octanol–water partition coefficient (Wildman–Crippen LogP) is 3.60. The van der Waals surface area contributed by atoms with Crippen LogP contribution >= 0.6 is 0 Å². The molecule has 0 aliphatic heterocycles. The molecule has 0 atom stereocenters. The molecule has 0 N–H and O–H groups in total. The van der Waals surface area contributed by atoms with Gasteiger partial charge in [0.2, 0.25) is 0 Å². The number of hydrogen-bond acceptors (Lipinski definition) is 5. The van der Waals surface area contributed by atoms with Crippen LogP contribution < -0.4 is 4.74 Å². The highest BCUT2D eigenvalue weighted by Gasteiger charge is 2.13. The summed E-state index contributed by atoms with van der Waals surface area (Å²) in [4.78, 5) is 12.1. The van der Waals surface area contributed by atoms with Crippen molar-refractivity contribution in [1.82, 2.24) is 0 Å². The highest BCUT2D eigenvalue weighted by atomic mass is 16.5. The molecule has 3 rings (SSSR count). The van der Waals surface area contributed by atoms with E-state index in [0.29, 0.717) is 22.5 Å². The number of hydrogen-bond donors (Lipinski definition) is 0. The molecule has 0 unspecified atom stereocenters. The Morgan fingerprint density at radius 2 is 2.04 bits per heavy atom. The summed E-state index contributed by atoms with van der Waals surface area (Å²) in [6.45, 7) is 0.0756. The van der Waals surface area contributed by atoms with Crippen molar-refractivity contribution in [2.75, 3.05) is 7.11 Å². The minimum Gasteiger partial charge on any atom is -0.497 e. The van der Waals surface area contributed by atoms with E-state index in [1.165, 1.54) is 0 Å². The molecule has 0 saturated carbocycles. The molecule has 2 aromatic carbocycles. The maximum Gasteiger partial charge on any atom is 0.310 e. The average molecular weight is 321 g/mol. The lowest BCUT2D eigenvalue weighted by atomic mass is 10.1. The fourth-order valence-corrected chi connectivity index (χ4v) is 2.45. The Bertz CT molecular complexity index is 921. The summed E-state index contributed by atoms with van der Waals surface area (Å²) >= 11 is 0. The van der Waals surface area contributed by atoms with Crippen LogP contribution in [0.15, 0.2) is 53.1 Å². The van der Waals surface area contributed by atoms with Gasteiger partial charge >= 0.3 is 5.97 Å². The molecule has 0 amide bonds. The first-order chi connectivity index (χ1) is 11.7. The van der Waals surface area contributed by atoms with Crippen molar-refractivity contribution in [3.63, 3.8) is 0 Å². The third kappa shape index (κ3) is 3.23. The van der Waals surface area contributed by atoms with Gasteiger partial charge in [0, 0.05) is 22.6 Å². The Morgan fingerprint density at radius 1 is 1.21 bits per heavy atom. The van der Waals surface area contributed by atoms with Crippen LogP contribution in [0.25, 0.3) is 11.0 Å². The minimum atomic E-state index is -0.374. The van der Waals surface area contributed by atoms with Crippen LogP contribution in [-0.4, -0.2) is 13.1 Å². The summed E-state index contributed by atoms with van der Waals surface area (Å²) in [5, 5.41) is 9.89. The molecular formula is C19H15NO4. The van der Waals surface area contributed by atoms with E-state index < -0.39 is 0 Å². The number of benzene rings is 2. The fraction of sp³-hybridized carbons (Fsp3) is 0.158.